The molecule has 0 spiro atoms. The topological polar surface area (TPSA) is 59.5 Å². The van der Waals surface area contributed by atoms with E-state index in [0.29, 0.717) is 25.5 Å². The molecule has 4 rings (SSSR count). The first kappa shape index (κ1) is 19.5. The maximum atomic E-state index is 13.3. The summed E-state index contributed by atoms with van der Waals surface area (Å²) in [4.78, 5) is 31.0. The molecule has 148 valence electrons. The van der Waals surface area contributed by atoms with Gasteiger partial charge in [0, 0.05) is 23.4 Å². The zero-order valence-electron chi connectivity index (χ0n) is 16.2. The highest BCUT2D eigenvalue weighted by atomic mass is 32.1. The van der Waals surface area contributed by atoms with Gasteiger partial charge in [-0.3, -0.25) is 4.79 Å². The lowest BCUT2D eigenvalue weighted by Crippen LogP contribution is -2.43. The Labute approximate surface area is 174 Å². The number of carbonyl (C=O) groups is 2. The SMILES string of the molecule is CC(C=O)c1ccccc1-c1nc(C(=O)N2CCOCC2c2ccccc2)cs1. The number of aromatic nitrogens is 1. The van der Waals surface area contributed by atoms with Crippen LogP contribution in [0.25, 0.3) is 10.6 Å². The van der Waals surface area contributed by atoms with Gasteiger partial charge in [-0.25, -0.2) is 4.98 Å². The first-order chi connectivity index (χ1) is 14.2. The summed E-state index contributed by atoms with van der Waals surface area (Å²) in [5, 5.41) is 2.56. The number of benzene rings is 2. The second-order valence-corrected chi connectivity index (χ2v) is 7.91. The maximum absolute atomic E-state index is 13.3. The third-order valence-corrected chi connectivity index (χ3v) is 6.06. The van der Waals surface area contributed by atoms with E-state index in [1.165, 1.54) is 11.3 Å². The van der Waals surface area contributed by atoms with Gasteiger partial charge >= 0.3 is 0 Å². The van der Waals surface area contributed by atoms with Crippen LogP contribution >= 0.6 is 11.3 Å². The Morgan fingerprint density at radius 3 is 2.76 bits per heavy atom. The van der Waals surface area contributed by atoms with E-state index < -0.39 is 0 Å². The Morgan fingerprint density at radius 1 is 1.21 bits per heavy atom. The predicted octanol–water partition coefficient (Wildman–Crippen LogP) is 4.33. The van der Waals surface area contributed by atoms with Crippen molar-refractivity contribution in [3.8, 4) is 10.6 Å². The molecule has 1 fully saturated rings. The lowest BCUT2D eigenvalue weighted by atomic mass is 9.97. The van der Waals surface area contributed by atoms with Crippen LogP contribution in [0.5, 0.6) is 0 Å². The Morgan fingerprint density at radius 2 is 1.97 bits per heavy atom. The van der Waals surface area contributed by atoms with Crippen LogP contribution < -0.4 is 0 Å². The monoisotopic (exact) mass is 406 g/mol. The average molecular weight is 407 g/mol. The van der Waals surface area contributed by atoms with Gasteiger partial charge in [0.15, 0.2) is 0 Å². The van der Waals surface area contributed by atoms with E-state index in [2.05, 4.69) is 4.98 Å². The second-order valence-electron chi connectivity index (χ2n) is 7.05. The molecule has 0 aliphatic carbocycles. The van der Waals surface area contributed by atoms with Gasteiger partial charge in [0.05, 0.1) is 19.3 Å². The summed E-state index contributed by atoms with van der Waals surface area (Å²) in [5.74, 6) is -0.318. The summed E-state index contributed by atoms with van der Waals surface area (Å²) in [6, 6.07) is 17.5. The van der Waals surface area contributed by atoms with Crippen LogP contribution in [0.3, 0.4) is 0 Å². The molecule has 2 aromatic carbocycles. The van der Waals surface area contributed by atoms with Crippen molar-refractivity contribution in [2.75, 3.05) is 19.8 Å². The van der Waals surface area contributed by atoms with Crippen LogP contribution in [-0.2, 0) is 9.53 Å². The smallest absolute Gasteiger partial charge is 0.274 e. The Hall–Kier alpha value is -2.83. The highest BCUT2D eigenvalue weighted by molar-refractivity contribution is 7.13. The van der Waals surface area contributed by atoms with Crippen LogP contribution in [0.1, 0.15) is 40.5 Å². The number of hydrogen-bond acceptors (Lipinski definition) is 5. The quantitative estimate of drug-likeness (QED) is 0.592. The van der Waals surface area contributed by atoms with E-state index in [1.54, 1.807) is 5.38 Å². The molecule has 2 heterocycles. The molecular weight excluding hydrogens is 384 g/mol. The fourth-order valence-electron chi connectivity index (χ4n) is 3.60. The van der Waals surface area contributed by atoms with Crippen molar-refractivity contribution in [1.82, 2.24) is 9.88 Å². The standard InChI is InChI=1S/C23H22N2O3S/c1-16(13-26)18-9-5-6-10-19(18)22-24-20(15-29-22)23(27)25-11-12-28-14-21(25)17-7-3-2-4-8-17/h2-10,13,15-16,21H,11-12,14H2,1H3. The second kappa shape index (κ2) is 8.68. The van der Waals surface area contributed by atoms with Crippen molar-refractivity contribution in [2.45, 2.75) is 18.9 Å². The third kappa shape index (κ3) is 3.99. The van der Waals surface area contributed by atoms with Crippen molar-refractivity contribution in [2.24, 2.45) is 0 Å². The van der Waals surface area contributed by atoms with E-state index in [1.807, 2.05) is 66.4 Å². The number of hydrogen-bond donors (Lipinski definition) is 0. The summed E-state index contributed by atoms with van der Waals surface area (Å²) in [5.41, 5.74) is 3.31. The van der Waals surface area contributed by atoms with E-state index in [9.17, 15) is 9.59 Å². The van der Waals surface area contributed by atoms with Crippen molar-refractivity contribution in [1.29, 1.82) is 0 Å². The number of amides is 1. The number of thiazole rings is 1. The van der Waals surface area contributed by atoms with Crippen molar-refractivity contribution in [3.63, 3.8) is 0 Å². The molecule has 1 saturated heterocycles. The molecule has 0 N–H and O–H groups in total. The molecule has 2 unspecified atom stereocenters. The Balaban J connectivity index is 1.63. The third-order valence-electron chi connectivity index (χ3n) is 5.18. The molecule has 0 bridgehead atoms. The molecule has 29 heavy (non-hydrogen) atoms. The van der Waals surface area contributed by atoms with E-state index in [4.69, 9.17) is 4.74 Å². The number of carbonyl (C=O) groups excluding carboxylic acids is 2. The molecule has 1 aliphatic rings. The zero-order valence-corrected chi connectivity index (χ0v) is 17.0. The minimum Gasteiger partial charge on any atom is -0.377 e. The Kier molecular flexibility index (Phi) is 5.83. The summed E-state index contributed by atoms with van der Waals surface area (Å²) in [6.07, 6.45) is 0.927. The van der Waals surface area contributed by atoms with Gasteiger partial charge in [0.25, 0.3) is 5.91 Å². The number of rotatable bonds is 5. The molecule has 0 radical (unpaired) electrons. The van der Waals surface area contributed by atoms with Crippen LogP contribution in [0, 0.1) is 0 Å². The predicted molar refractivity (Wildman–Crippen MR) is 113 cm³/mol. The molecular formula is C23H22N2O3S. The summed E-state index contributed by atoms with van der Waals surface area (Å²) in [6.45, 7) is 3.39. The van der Waals surface area contributed by atoms with Crippen LogP contribution in [0.15, 0.2) is 60.0 Å². The zero-order chi connectivity index (χ0) is 20.2. The van der Waals surface area contributed by atoms with Gasteiger partial charge in [0.1, 0.15) is 17.0 Å². The van der Waals surface area contributed by atoms with Gasteiger partial charge in [-0.15, -0.1) is 11.3 Å². The van der Waals surface area contributed by atoms with Gasteiger partial charge < -0.3 is 14.4 Å². The first-order valence-corrected chi connectivity index (χ1v) is 10.5. The molecule has 1 aromatic heterocycles. The minimum atomic E-state index is -0.226. The van der Waals surface area contributed by atoms with Crippen molar-refractivity contribution in [3.05, 3.63) is 76.8 Å². The van der Waals surface area contributed by atoms with Gasteiger partial charge in [0.2, 0.25) is 0 Å². The van der Waals surface area contributed by atoms with Crippen LogP contribution in [-0.4, -0.2) is 41.8 Å². The lowest BCUT2D eigenvalue weighted by molar-refractivity contribution is -0.108. The van der Waals surface area contributed by atoms with Crippen molar-refractivity contribution >= 4 is 23.5 Å². The van der Waals surface area contributed by atoms with Crippen molar-refractivity contribution < 1.29 is 14.3 Å². The van der Waals surface area contributed by atoms with Gasteiger partial charge in [-0.05, 0) is 11.1 Å². The van der Waals surface area contributed by atoms with E-state index >= 15 is 0 Å². The number of ether oxygens (including phenoxy) is 1. The number of morpholine rings is 1. The molecule has 6 heteroatoms. The highest BCUT2D eigenvalue weighted by Crippen LogP contribution is 2.32. The van der Waals surface area contributed by atoms with E-state index in [-0.39, 0.29) is 17.9 Å². The Bertz CT molecular complexity index is 1000. The number of nitrogens with zero attached hydrogens (tertiary/aromatic N) is 2. The van der Waals surface area contributed by atoms with Crippen LogP contribution in [0.2, 0.25) is 0 Å². The largest absolute Gasteiger partial charge is 0.377 e. The van der Waals surface area contributed by atoms with Crippen LogP contribution in [0.4, 0.5) is 0 Å². The average Bonchev–Trinajstić information content (AvgIpc) is 3.29. The first-order valence-electron chi connectivity index (χ1n) is 9.63. The van der Waals surface area contributed by atoms with Gasteiger partial charge in [-0.2, -0.15) is 0 Å². The molecule has 5 nitrogen and oxygen atoms in total. The maximum Gasteiger partial charge on any atom is 0.274 e. The molecule has 2 atom stereocenters. The minimum absolute atomic E-state index is 0.0921. The molecule has 0 saturated carbocycles. The van der Waals surface area contributed by atoms with E-state index in [0.717, 1.165) is 28.0 Å². The normalized spacial score (nSPS) is 17.7. The molecule has 1 amide bonds. The lowest BCUT2D eigenvalue weighted by Gasteiger charge is -2.35. The summed E-state index contributed by atoms with van der Waals surface area (Å²) >= 11 is 1.43. The van der Waals surface area contributed by atoms with Gasteiger partial charge in [-0.1, -0.05) is 61.5 Å². The summed E-state index contributed by atoms with van der Waals surface area (Å²) in [7, 11) is 0. The highest BCUT2D eigenvalue weighted by Gasteiger charge is 2.30. The summed E-state index contributed by atoms with van der Waals surface area (Å²) < 4.78 is 5.64. The molecule has 3 aromatic rings. The molecule has 1 aliphatic heterocycles. The fourth-order valence-corrected chi connectivity index (χ4v) is 4.44. The fraction of sp³-hybridized carbons (Fsp3) is 0.261. The number of aldehydes is 1.